The van der Waals surface area contributed by atoms with Crippen LogP contribution < -0.4 is 0 Å². The number of amides is 1. The average molecular weight is 219 g/mol. The Morgan fingerprint density at radius 3 is 2.21 bits per heavy atom. The molecule has 1 N–H and O–H groups in total. The standard InChI is InChI=1S/C8H17N3O2S/c1-3-8(12)10-4-6-11(7-5-10)14(2,9)13/h9H,3-7H2,1-2H3. The van der Waals surface area contributed by atoms with E-state index in [1.165, 1.54) is 6.26 Å². The first-order valence-electron chi connectivity index (χ1n) is 4.71. The van der Waals surface area contributed by atoms with Crippen molar-refractivity contribution in [3.63, 3.8) is 0 Å². The van der Waals surface area contributed by atoms with Gasteiger partial charge in [0.1, 0.15) is 9.92 Å². The second kappa shape index (κ2) is 4.27. The Balaban J connectivity index is 2.51. The summed E-state index contributed by atoms with van der Waals surface area (Å²) in [5, 5.41) is 0. The molecule has 0 aromatic heterocycles. The molecule has 1 unspecified atom stereocenters. The molecular weight excluding hydrogens is 202 g/mol. The molecule has 0 bridgehead atoms. The Morgan fingerprint density at radius 1 is 1.36 bits per heavy atom. The second-order valence-corrected chi connectivity index (χ2v) is 5.59. The monoisotopic (exact) mass is 219 g/mol. The van der Waals surface area contributed by atoms with Crippen LogP contribution in [-0.4, -0.2) is 51.8 Å². The van der Waals surface area contributed by atoms with Gasteiger partial charge in [-0.25, -0.2) is 13.3 Å². The largest absolute Gasteiger partial charge is 0.340 e. The molecule has 0 aliphatic carbocycles. The highest BCUT2D eigenvalue weighted by atomic mass is 32.2. The number of carbonyl (C=O) groups is 1. The number of hydrogen-bond acceptors (Lipinski definition) is 3. The zero-order valence-corrected chi connectivity index (χ0v) is 9.47. The zero-order valence-electron chi connectivity index (χ0n) is 8.65. The van der Waals surface area contributed by atoms with Gasteiger partial charge in [0.2, 0.25) is 5.91 Å². The molecule has 1 aliphatic heterocycles. The van der Waals surface area contributed by atoms with Gasteiger partial charge in [-0.05, 0) is 0 Å². The van der Waals surface area contributed by atoms with Crippen LogP contribution in [-0.2, 0) is 14.7 Å². The Hall–Kier alpha value is -0.620. The number of rotatable bonds is 2. The molecule has 0 aromatic carbocycles. The lowest BCUT2D eigenvalue weighted by molar-refractivity contribution is -0.131. The molecule has 6 heteroatoms. The summed E-state index contributed by atoms with van der Waals surface area (Å²) < 4.78 is 20.4. The Bertz CT molecular complexity index is 305. The lowest BCUT2D eigenvalue weighted by Crippen LogP contribution is -2.49. The van der Waals surface area contributed by atoms with Crippen LogP contribution in [0.1, 0.15) is 13.3 Å². The molecule has 1 atom stereocenters. The fourth-order valence-corrected chi connectivity index (χ4v) is 2.37. The van der Waals surface area contributed by atoms with Gasteiger partial charge < -0.3 is 4.90 Å². The minimum Gasteiger partial charge on any atom is -0.340 e. The van der Waals surface area contributed by atoms with Gasteiger partial charge in [0.15, 0.2) is 0 Å². The van der Waals surface area contributed by atoms with E-state index >= 15 is 0 Å². The van der Waals surface area contributed by atoms with E-state index in [1.54, 1.807) is 9.21 Å². The first-order chi connectivity index (χ1) is 6.45. The highest BCUT2D eigenvalue weighted by Gasteiger charge is 2.23. The third kappa shape index (κ3) is 2.68. The molecular formula is C8H17N3O2S. The fourth-order valence-electron chi connectivity index (χ4n) is 1.51. The van der Waals surface area contributed by atoms with E-state index in [0.29, 0.717) is 32.6 Å². The maximum Gasteiger partial charge on any atom is 0.222 e. The molecule has 1 saturated heterocycles. The number of piperazine rings is 1. The maximum atomic E-state index is 11.4. The topological polar surface area (TPSA) is 64.5 Å². The van der Waals surface area contributed by atoms with Crippen LogP contribution in [0.4, 0.5) is 0 Å². The highest BCUT2D eigenvalue weighted by molar-refractivity contribution is 7.89. The molecule has 1 rings (SSSR count). The molecule has 0 saturated carbocycles. The lowest BCUT2D eigenvalue weighted by atomic mass is 10.3. The summed E-state index contributed by atoms with van der Waals surface area (Å²) in [4.78, 5) is 13.1. The lowest BCUT2D eigenvalue weighted by Gasteiger charge is -2.34. The first-order valence-corrected chi connectivity index (χ1v) is 6.64. The third-order valence-electron chi connectivity index (χ3n) is 2.39. The number of nitrogens with zero attached hydrogens (tertiary/aromatic N) is 2. The Kier molecular flexibility index (Phi) is 3.49. The van der Waals surface area contributed by atoms with Crippen molar-refractivity contribution >= 4 is 15.8 Å². The average Bonchev–Trinajstić information content (AvgIpc) is 2.15. The molecule has 1 fully saturated rings. The Labute approximate surface area is 85.2 Å². The SMILES string of the molecule is CCC(=O)N1CCN(S(C)(=N)=O)CC1. The van der Waals surface area contributed by atoms with Crippen molar-refractivity contribution in [1.29, 1.82) is 4.78 Å². The highest BCUT2D eigenvalue weighted by Crippen LogP contribution is 2.07. The van der Waals surface area contributed by atoms with Gasteiger partial charge in [-0.1, -0.05) is 6.92 Å². The molecule has 1 heterocycles. The van der Waals surface area contributed by atoms with Crippen molar-refractivity contribution in [2.24, 2.45) is 0 Å². The van der Waals surface area contributed by atoms with Crippen LogP contribution in [0.5, 0.6) is 0 Å². The Morgan fingerprint density at radius 2 is 1.86 bits per heavy atom. The van der Waals surface area contributed by atoms with Crippen LogP contribution in [0.15, 0.2) is 0 Å². The quantitative estimate of drug-likeness (QED) is 0.717. The molecule has 0 spiro atoms. The van der Waals surface area contributed by atoms with Crippen LogP contribution in [0.25, 0.3) is 0 Å². The molecule has 5 nitrogen and oxygen atoms in total. The number of hydrogen-bond donors (Lipinski definition) is 1. The van der Waals surface area contributed by atoms with Gasteiger partial charge >= 0.3 is 0 Å². The van der Waals surface area contributed by atoms with Crippen molar-refractivity contribution in [3.8, 4) is 0 Å². The molecule has 14 heavy (non-hydrogen) atoms. The van der Waals surface area contributed by atoms with Gasteiger partial charge in [-0.15, -0.1) is 0 Å². The normalized spacial score (nSPS) is 23.1. The second-order valence-electron chi connectivity index (χ2n) is 3.47. The van der Waals surface area contributed by atoms with E-state index in [1.807, 2.05) is 6.92 Å². The maximum absolute atomic E-state index is 11.4. The summed E-state index contributed by atoms with van der Waals surface area (Å²) in [7, 11) is -2.59. The van der Waals surface area contributed by atoms with Crippen molar-refractivity contribution in [2.45, 2.75) is 13.3 Å². The minimum absolute atomic E-state index is 0.136. The molecule has 1 amide bonds. The summed E-state index contributed by atoms with van der Waals surface area (Å²) in [6.45, 7) is 4.12. The van der Waals surface area contributed by atoms with Gasteiger partial charge in [0.25, 0.3) is 0 Å². The van der Waals surface area contributed by atoms with Gasteiger partial charge in [0, 0.05) is 38.9 Å². The van der Waals surface area contributed by atoms with Crippen LogP contribution in [0.3, 0.4) is 0 Å². The van der Waals surface area contributed by atoms with Crippen LogP contribution >= 0.6 is 0 Å². The van der Waals surface area contributed by atoms with Crippen molar-refractivity contribution in [3.05, 3.63) is 0 Å². The van der Waals surface area contributed by atoms with E-state index in [2.05, 4.69) is 0 Å². The van der Waals surface area contributed by atoms with Crippen LogP contribution in [0.2, 0.25) is 0 Å². The summed E-state index contributed by atoms with van der Waals surface area (Å²) in [5.74, 6) is 0.136. The van der Waals surface area contributed by atoms with Crippen molar-refractivity contribution in [1.82, 2.24) is 9.21 Å². The van der Waals surface area contributed by atoms with E-state index in [9.17, 15) is 9.00 Å². The third-order valence-corrected chi connectivity index (χ3v) is 3.74. The summed E-state index contributed by atoms with van der Waals surface area (Å²) >= 11 is 0. The van der Waals surface area contributed by atoms with Gasteiger partial charge in [0.05, 0.1) is 0 Å². The summed E-state index contributed by atoms with van der Waals surface area (Å²) in [5.41, 5.74) is 0. The number of nitrogens with one attached hydrogen (secondary N) is 1. The molecule has 1 aliphatic rings. The van der Waals surface area contributed by atoms with Crippen molar-refractivity contribution < 1.29 is 9.00 Å². The van der Waals surface area contributed by atoms with E-state index < -0.39 is 9.92 Å². The predicted molar refractivity (Wildman–Crippen MR) is 55.2 cm³/mol. The van der Waals surface area contributed by atoms with E-state index in [-0.39, 0.29) is 5.91 Å². The summed E-state index contributed by atoms with van der Waals surface area (Å²) in [6.07, 6.45) is 1.94. The predicted octanol–water partition coefficient (Wildman–Crippen LogP) is 0.132. The van der Waals surface area contributed by atoms with Gasteiger partial charge in [-0.3, -0.25) is 4.79 Å². The molecule has 0 aromatic rings. The molecule has 82 valence electrons. The zero-order chi connectivity index (χ0) is 10.8. The van der Waals surface area contributed by atoms with E-state index in [4.69, 9.17) is 4.78 Å². The first kappa shape index (κ1) is 11.5. The summed E-state index contributed by atoms with van der Waals surface area (Å²) in [6, 6.07) is 0. The molecule has 0 radical (unpaired) electrons. The van der Waals surface area contributed by atoms with Crippen LogP contribution in [0, 0.1) is 4.78 Å². The smallest absolute Gasteiger partial charge is 0.222 e. The number of carbonyl (C=O) groups excluding carboxylic acids is 1. The van der Waals surface area contributed by atoms with E-state index in [0.717, 1.165) is 0 Å². The fraction of sp³-hybridized carbons (Fsp3) is 0.875. The minimum atomic E-state index is -2.59. The van der Waals surface area contributed by atoms with Gasteiger partial charge in [-0.2, -0.15) is 0 Å². The van der Waals surface area contributed by atoms with Crippen molar-refractivity contribution in [2.75, 3.05) is 32.4 Å².